The molecular formula is C48H80O18. The van der Waals surface area contributed by atoms with Crippen LogP contribution in [0.4, 0.5) is 0 Å². The maximum absolute atomic E-state index is 12.2. The molecular weight excluding hydrogens is 865 g/mol. The number of fused-ring (bicyclic) bond motifs is 7. The topological polar surface area (TPSA) is 287 Å². The molecule has 0 unspecified atom stereocenters. The van der Waals surface area contributed by atoms with Crippen molar-refractivity contribution in [2.45, 2.75) is 204 Å². The molecule has 7 fully saturated rings. The van der Waals surface area contributed by atoms with Crippen molar-refractivity contribution in [3.8, 4) is 0 Å². The van der Waals surface area contributed by atoms with E-state index in [0.717, 1.165) is 32.1 Å². The first-order valence-electron chi connectivity index (χ1n) is 24.3. The smallest absolute Gasteiger partial charge is 0.187 e. The molecule has 0 aromatic carbocycles. The second kappa shape index (κ2) is 18.3. The molecule has 0 bridgehead atoms. The van der Waals surface area contributed by atoms with Crippen LogP contribution in [0.5, 0.6) is 0 Å². The highest BCUT2D eigenvalue weighted by atomic mass is 16.8. The maximum Gasteiger partial charge on any atom is 0.187 e. The molecule has 0 aromatic rings. The van der Waals surface area contributed by atoms with Crippen LogP contribution >= 0.6 is 0 Å². The lowest BCUT2D eigenvalue weighted by Gasteiger charge is -2.73. The lowest BCUT2D eigenvalue weighted by Crippen LogP contribution is -2.70. The highest BCUT2D eigenvalue weighted by Crippen LogP contribution is 2.76. The molecule has 18 heteroatoms. The molecule has 0 aromatic heterocycles. The Morgan fingerprint density at radius 1 is 0.682 bits per heavy atom. The fourth-order valence-corrected chi connectivity index (χ4v) is 15.2. The quantitative estimate of drug-likeness (QED) is 0.100. The van der Waals surface area contributed by atoms with Crippen molar-refractivity contribution in [2.75, 3.05) is 33.5 Å². The SMILES string of the molecule is CO[C@H]1C=C2[C@@H]3CC(C)(C)CC[C@]3(CO)[C@H](O)C[C@@]2(C)[C@]2(C)CC[C@H]3[C@](C)(CO)[C@@H](O[C@@H]4O[C@H](C)[C@H](O)[C@H](O)[C@H]4O[C@@H]4O[C@H](CO)[C@@H](O)[C@H](O)[C@H]4O[C@@H]4OC[C@@H](O)[C@H](O)[C@H]4O)CC[C@]3(C)[C@@H]12. The monoisotopic (exact) mass is 945 g/mol. The minimum Gasteiger partial charge on any atom is -0.396 e. The normalized spacial score (nSPS) is 56.0. The van der Waals surface area contributed by atoms with E-state index in [4.69, 9.17) is 33.2 Å². The standard InChI is InChI=1S/C48H80O18/c1-22-31(54)34(57)37(66-42-38(35(58)33(56)27(18-49)63-42)65-40-36(59)32(55)25(52)19-61-40)41(62-22)64-30-10-11-44(4)28(45(30,5)20-50)9-12-46(6)39(44)26(60-8)15-23-24-16-43(2,3)13-14-48(24,21-51)29(53)17-47(23,46)7/h15,22,24-42,49-59H,9-14,16-21H2,1-8H3/t22-,24+,25-,26+,27-,28-,29-,30+,31+,32+,33-,34+,35+,36-,37-,38-,39-,40+,41+,42+,44+,45+,46-,47-,48-/m1/s1. The van der Waals surface area contributed by atoms with Gasteiger partial charge in [-0.1, -0.05) is 53.2 Å². The third-order valence-corrected chi connectivity index (χ3v) is 19.4. The Morgan fingerprint density at radius 2 is 1.33 bits per heavy atom. The Balaban J connectivity index is 1.09. The predicted molar refractivity (Wildman–Crippen MR) is 232 cm³/mol. The summed E-state index contributed by atoms with van der Waals surface area (Å²) in [4.78, 5) is 0. The van der Waals surface area contributed by atoms with E-state index < -0.39 is 133 Å². The van der Waals surface area contributed by atoms with Crippen LogP contribution in [0.25, 0.3) is 0 Å². The minimum atomic E-state index is -1.83. The van der Waals surface area contributed by atoms with Gasteiger partial charge in [0, 0.05) is 23.9 Å². The lowest BCUT2D eigenvalue weighted by molar-refractivity contribution is -0.394. The van der Waals surface area contributed by atoms with Crippen LogP contribution in [0.1, 0.15) is 99.8 Å². The van der Waals surface area contributed by atoms with Crippen molar-refractivity contribution in [3.63, 3.8) is 0 Å². The van der Waals surface area contributed by atoms with Gasteiger partial charge in [-0.05, 0) is 91.8 Å². The molecule has 11 N–H and O–H groups in total. The van der Waals surface area contributed by atoms with Crippen molar-refractivity contribution >= 4 is 0 Å². The highest BCUT2D eigenvalue weighted by molar-refractivity contribution is 5.37. The van der Waals surface area contributed by atoms with Crippen molar-refractivity contribution in [2.24, 2.45) is 50.2 Å². The molecule has 8 aliphatic rings. The molecule has 66 heavy (non-hydrogen) atoms. The number of aliphatic hydroxyl groups is 11. The maximum atomic E-state index is 12.2. The lowest BCUT2D eigenvalue weighted by atomic mass is 9.32. The molecule has 25 atom stereocenters. The van der Waals surface area contributed by atoms with E-state index in [9.17, 15) is 56.2 Å². The molecule has 18 nitrogen and oxygen atoms in total. The largest absolute Gasteiger partial charge is 0.396 e. The molecule has 3 heterocycles. The number of aliphatic hydroxyl groups excluding tert-OH is 11. The van der Waals surface area contributed by atoms with Gasteiger partial charge in [0.05, 0.1) is 50.8 Å². The Hall–Kier alpha value is -0.980. The van der Waals surface area contributed by atoms with Crippen molar-refractivity contribution in [3.05, 3.63) is 11.6 Å². The molecule has 3 saturated heterocycles. The summed E-state index contributed by atoms with van der Waals surface area (Å²) in [6.07, 6.45) is -15.6. The average molecular weight is 945 g/mol. The molecule has 5 aliphatic carbocycles. The summed E-state index contributed by atoms with van der Waals surface area (Å²) in [5.74, 6) is -0.154. The van der Waals surface area contributed by atoms with Gasteiger partial charge in [0.1, 0.15) is 61.0 Å². The van der Waals surface area contributed by atoms with Crippen molar-refractivity contribution in [1.82, 2.24) is 0 Å². The minimum absolute atomic E-state index is 0.00692. The number of hydrogen-bond donors (Lipinski definition) is 11. The van der Waals surface area contributed by atoms with E-state index in [-0.39, 0.29) is 47.9 Å². The highest BCUT2D eigenvalue weighted by Gasteiger charge is 2.72. The first-order valence-corrected chi connectivity index (χ1v) is 24.3. The summed E-state index contributed by atoms with van der Waals surface area (Å²) in [6, 6.07) is 0. The van der Waals surface area contributed by atoms with E-state index in [1.54, 1.807) is 14.0 Å². The fraction of sp³-hybridized carbons (Fsp3) is 0.958. The van der Waals surface area contributed by atoms with Crippen molar-refractivity contribution < 1.29 is 89.3 Å². The molecule has 380 valence electrons. The molecule has 0 amide bonds. The number of rotatable bonds is 10. The van der Waals surface area contributed by atoms with Crippen LogP contribution in [0.2, 0.25) is 0 Å². The number of ether oxygens (including phenoxy) is 7. The zero-order valence-electron chi connectivity index (χ0n) is 39.9. The molecule has 0 radical (unpaired) electrons. The van der Waals surface area contributed by atoms with E-state index in [1.165, 1.54) is 5.57 Å². The van der Waals surface area contributed by atoms with E-state index in [1.807, 2.05) is 6.92 Å². The zero-order valence-corrected chi connectivity index (χ0v) is 39.9. The first-order chi connectivity index (χ1) is 30.9. The Bertz CT molecular complexity index is 1750. The summed E-state index contributed by atoms with van der Waals surface area (Å²) in [6.45, 7) is 13.6. The molecule has 8 rings (SSSR count). The van der Waals surface area contributed by atoms with Crippen LogP contribution in [-0.2, 0) is 33.2 Å². The van der Waals surface area contributed by atoms with E-state index in [2.05, 4.69) is 40.7 Å². The summed E-state index contributed by atoms with van der Waals surface area (Å²) in [7, 11) is 1.76. The average Bonchev–Trinajstić information content (AvgIpc) is 3.27. The van der Waals surface area contributed by atoms with Gasteiger partial charge in [-0.2, -0.15) is 0 Å². The Morgan fingerprint density at radius 3 is 1.97 bits per heavy atom. The zero-order chi connectivity index (χ0) is 48.3. The summed E-state index contributed by atoms with van der Waals surface area (Å²) >= 11 is 0. The van der Waals surface area contributed by atoms with Gasteiger partial charge >= 0.3 is 0 Å². The Kier molecular flexibility index (Phi) is 14.2. The van der Waals surface area contributed by atoms with Gasteiger partial charge in [-0.3, -0.25) is 0 Å². The van der Waals surface area contributed by atoms with Crippen LogP contribution in [0.15, 0.2) is 11.6 Å². The van der Waals surface area contributed by atoms with Crippen LogP contribution in [0.3, 0.4) is 0 Å². The van der Waals surface area contributed by atoms with Crippen LogP contribution in [-0.4, -0.2) is 194 Å². The predicted octanol–water partition coefficient (Wildman–Crippen LogP) is -0.151. The molecule has 4 saturated carbocycles. The van der Waals surface area contributed by atoms with Gasteiger partial charge in [0.15, 0.2) is 18.9 Å². The third kappa shape index (κ3) is 7.82. The summed E-state index contributed by atoms with van der Waals surface area (Å²) < 4.78 is 43.2. The molecule has 3 aliphatic heterocycles. The fourth-order valence-electron chi connectivity index (χ4n) is 15.2. The first kappa shape index (κ1) is 51.4. The number of methoxy groups -OCH3 is 1. The van der Waals surface area contributed by atoms with Crippen LogP contribution in [0, 0.1) is 50.2 Å². The van der Waals surface area contributed by atoms with E-state index >= 15 is 0 Å². The second-order valence-corrected chi connectivity index (χ2v) is 23.4. The third-order valence-electron chi connectivity index (χ3n) is 19.4. The Labute approximate surface area is 388 Å². The number of hydrogen-bond acceptors (Lipinski definition) is 18. The van der Waals surface area contributed by atoms with Crippen molar-refractivity contribution in [1.29, 1.82) is 0 Å². The van der Waals surface area contributed by atoms with Gasteiger partial charge in [0.25, 0.3) is 0 Å². The second-order valence-electron chi connectivity index (χ2n) is 23.4. The number of allylic oxidation sites excluding steroid dienone is 1. The van der Waals surface area contributed by atoms with Gasteiger partial charge < -0.3 is 89.3 Å². The van der Waals surface area contributed by atoms with Gasteiger partial charge in [-0.25, -0.2) is 0 Å². The summed E-state index contributed by atoms with van der Waals surface area (Å²) in [5, 5.41) is 121. The van der Waals surface area contributed by atoms with Gasteiger partial charge in [-0.15, -0.1) is 0 Å². The van der Waals surface area contributed by atoms with Gasteiger partial charge in [0.2, 0.25) is 0 Å². The summed E-state index contributed by atoms with van der Waals surface area (Å²) in [5.41, 5.74) is -1.32. The van der Waals surface area contributed by atoms with E-state index in [0.29, 0.717) is 19.3 Å². The van der Waals surface area contributed by atoms with Crippen LogP contribution < -0.4 is 0 Å². The molecule has 0 spiro atoms.